The summed E-state index contributed by atoms with van der Waals surface area (Å²) in [6.07, 6.45) is 0. The van der Waals surface area contributed by atoms with Crippen LogP contribution in [0.1, 0.15) is 5.56 Å². The van der Waals surface area contributed by atoms with E-state index in [-0.39, 0.29) is 0 Å². The van der Waals surface area contributed by atoms with Gasteiger partial charge in [-0.15, -0.1) is 9.24 Å². The summed E-state index contributed by atoms with van der Waals surface area (Å²) in [5.41, 5.74) is 7.50. The van der Waals surface area contributed by atoms with Gasteiger partial charge in [0.15, 0.2) is 0 Å². The maximum Gasteiger partial charge on any atom is 0.136 e. The van der Waals surface area contributed by atoms with Crippen molar-refractivity contribution in [2.45, 2.75) is 6.54 Å². The van der Waals surface area contributed by atoms with Crippen molar-refractivity contribution in [3.63, 3.8) is 0 Å². The van der Waals surface area contributed by atoms with Crippen LogP contribution in [0, 0.1) is 0 Å². The molecule has 0 aliphatic rings. The summed E-state index contributed by atoms with van der Waals surface area (Å²) < 4.78 is 0. The number of hydrogen-bond acceptors (Lipinski definition) is 2. The molecule has 1 atom stereocenters. The lowest BCUT2D eigenvalue weighted by Crippen LogP contribution is -1.99. The van der Waals surface area contributed by atoms with Gasteiger partial charge in [-0.05, 0) is 17.7 Å². The van der Waals surface area contributed by atoms with Crippen LogP contribution < -0.4 is 11.0 Å². The van der Waals surface area contributed by atoms with E-state index in [2.05, 4.69) is 14.2 Å². The molecular formula is C10H10ClN2P. The maximum atomic E-state index is 5.92. The van der Waals surface area contributed by atoms with Gasteiger partial charge in [0.05, 0.1) is 5.52 Å². The van der Waals surface area contributed by atoms with Crippen LogP contribution in [-0.4, -0.2) is 4.98 Å². The molecular weight excluding hydrogens is 215 g/mol. The summed E-state index contributed by atoms with van der Waals surface area (Å²) in [5, 5.41) is 2.52. The Hall–Kier alpha value is -0.690. The molecule has 1 heterocycles. The molecule has 0 fully saturated rings. The predicted molar refractivity (Wildman–Crippen MR) is 64.0 cm³/mol. The first kappa shape index (κ1) is 9.85. The number of nitrogens with two attached hydrogens (primary N) is 1. The first-order valence-corrected chi connectivity index (χ1v) is 5.21. The van der Waals surface area contributed by atoms with E-state index < -0.39 is 0 Å². The Morgan fingerprint density at radius 2 is 2.14 bits per heavy atom. The lowest BCUT2D eigenvalue weighted by atomic mass is 10.1. The molecule has 0 spiro atoms. The van der Waals surface area contributed by atoms with Crippen molar-refractivity contribution >= 4 is 37.0 Å². The fourth-order valence-electron chi connectivity index (χ4n) is 1.33. The third-order valence-corrected chi connectivity index (χ3v) is 3.02. The SMILES string of the molecule is NCc1ccc2cc(P)c(Cl)nc2c1. The van der Waals surface area contributed by atoms with Crippen LogP contribution in [0.4, 0.5) is 0 Å². The summed E-state index contributed by atoms with van der Waals surface area (Å²) in [6, 6.07) is 7.97. The van der Waals surface area contributed by atoms with Gasteiger partial charge in [-0.1, -0.05) is 23.7 Å². The van der Waals surface area contributed by atoms with Crippen LogP contribution in [0.15, 0.2) is 24.3 Å². The van der Waals surface area contributed by atoms with Crippen LogP contribution in [0.5, 0.6) is 0 Å². The topological polar surface area (TPSA) is 38.9 Å². The molecule has 72 valence electrons. The molecule has 4 heteroatoms. The molecule has 0 amide bonds. The lowest BCUT2D eigenvalue weighted by Gasteiger charge is -2.03. The summed E-state index contributed by atoms with van der Waals surface area (Å²) in [7, 11) is 2.56. The summed E-state index contributed by atoms with van der Waals surface area (Å²) >= 11 is 5.92. The van der Waals surface area contributed by atoms with Gasteiger partial charge in [0.25, 0.3) is 0 Å². The number of fused-ring (bicyclic) bond motifs is 1. The zero-order valence-corrected chi connectivity index (χ0v) is 9.41. The van der Waals surface area contributed by atoms with Gasteiger partial charge >= 0.3 is 0 Å². The second-order valence-corrected chi connectivity index (χ2v) is 4.08. The van der Waals surface area contributed by atoms with E-state index in [0.717, 1.165) is 21.8 Å². The van der Waals surface area contributed by atoms with Crippen LogP contribution in [0.3, 0.4) is 0 Å². The minimum atomic E-state index is 0.525. The van der Waals surface area contributed by atoms with E-state index in [1.165, 1.54) is 0 Å². The van der Waals surface area contributed by atoms with Crippen molar-refractivity contribution in [2.75, 3.05) is 0 Å². The molecule has 2 nitrogen and oxygen atoms in total. The minimum Gasteiger partial charge on any atom is -0.326 e. The fraction of sp³-hybridized carbons (Fsp3) is 0.100. The van der Waals surface area contributed by atoms with Gasteiger partial charge in [-0.2, -0.15) is 0 Å². The molecule has 0 bridgehead atoms. The number of nitrogens with zero attached hydrogens (tertiary/aromatic N) is 1. The molecule has 2 rings (SSSR count). The average molecular weight is 225 g/mol. The van der Waals surface area contributed by atoms with Gasteiger partial charge in [-0.25, -0.2) is 4.98 Å². The lowest BCUT2D eigenvalue weighted by molar-refractivity contribution is 1.07. The van der Waals surface area contributed by atoms with Crippen molar-refractivity contribution in [1.82, 2.24) is 4.98 Å². The molecule has 0 saturated heterocycles. The zero-order valence-electron chi connectivity index (χ0n) is 7.50. The van der Waals surface area contributed by atoms with E-state index >= 15 is 0 Å². The number of halogens is 1. The second-order valence-electron chi connectivity index (χ2n) is 3.10. The number of benzene rings is 1. The molecule has 1 aromatic heterocycles. The van der Waals surface area contributed by atoms with Crippen LogP contribution in [0.2, 0.25) is 5.15 Å². The standard InChI is InChI=1S/C10H10ClN2P/c11-10-9(14)4-7-2-1-6(5-12)3-8(7)13-10/h1-4H,5,12,14H2. The molecule has 0 radical (unpaired) electrons. The third kappa shape index (κ3) is 1.74. The molecule has 2 aromatic rings. The number of pyridine rings is 1. The second kappa shape index (κ2) is 3.82. The van der Waals surface area contributed by atoms with Crippen LogP contribution in [-0.2, 0) is 6.54 Å². The fourth-order valence-corrected chi connectivity index (χ4v) is 1.72. The number of aromatic nitrogens is 1. The van der Waals surface area contributed by atoms with Gasteiger partial charge < -0.3 is 5.73 Å². The van der Waals surface area contributed by atoms with Gasteiger partial charge in [-0.3, -0.25) is 0 Å². The van der Waals surface area contributed by atoms with Gasteiger partial charge in [0.1, 0.15) is 5.15 Å². The van der Waals surface area contributed by atoms with Crippen molar-refractivity contribution < 1.29 is 0 Å². The number of hydrogen-bond donors (Lipinski definition) is 1. The highest BCUT2D eigenvalue weighted by Gasteiger charge is 2.01. The quantitative estimate of drug-likeness (QED) is 0.593. The molecule has 0 aliphatic heterocycles. The summed E-state index contributed by atoms with van der Waals surface area (Å²) in [4.78, 5) is 4.27. The molecule has 1 unspecified atom stereocenters. The maximum absolute atomic E-state index is 5.92. The molecule has 1 aromatic carbocycles. The van der Waals surface area contributed by atoms with E-state index in [1.54, 1.807) is 0 Å². The predicted octanol–water partition coefficient (Wildman–Crippen LogP) is 1.85. The molecule has 0 aliphatic carbocycles. The summed E-state index contributed by atoms with van der Waals surface area (Å²) in [6.45, 7) is 0.526. The van der Waals surface area contributed by atoms with E-state index in [0.29, 0.717) is 11.7 Å². The normalized spacial score (nSPS) is 10.8. The van der Waals surface area contributed by atoms with Crippen molar-refractivity contribution in [3.8, 4) is 0 Å². The number of rotatable bonds is 1. The van der Waals surface area contributed by atoms with Crippen molar-refractivity contribution in [2.24, 2.45) is 5.73 Å². The highest BCUT2D eigenvalue weighted by molar-refractivity contribution is 7.28. The first-order valence-electron chi connectivity index (χ1n) is 4.25. The summed E-state index contributed by atoms with van der Waals surface area (Å²) in [5.74, 6) is 0. The minimum absolute atomic E-state index is 0.525. The Bertz CT molecular complexity index is 485. The van der Waals surface area contributed by atoms with E-state index in [1.807, 2.05) is 24.3 Å². The third-order valence-electron chi connectivity index (χ3n) is 2.10. The Kier molecular flexibility index (Phi) is 2.69. The Morgan fingerprint density at radius 3 is 2.86 bits per heavy atom. The van der Waals surface area contributed by atoms with Crippen LogP contribution in [0.25, 0.3) is 10.9 Å². The van der Waals surface area contributed by atoms with E-state index in [9.17, 15) is 0 Å². The molecule has 0 saturated carbocycles. The van der Waals surface area contributed by atoms with Crippen LogP contribution >= 0.6 is 20.8 Å². The van der Waals surface area contributed by atoms with Gasteiger partial charge in [0.2, 0.25) is 0 Å². The Morgan fingerprint density at radius 1 is 1.36 bits per heavy atom. The smallest absolute Gasteiger partial charge is 0.136 e. The Balaban J connectivity index is 2.70. The largest absolute Gasteiger partial charge is 0.326 e. The average Bonchev–Trinajstić information content (AvgIpc) is 2.19. The molecule has 14 heavy (non-hydrogen) atoms. The zero-order chi connectivity index (χ0) is 10.1. The van der Waals surface area contributed by atoms with Crippen molar-refractivity contribution in [3.05, 3.63) is 35.0 Å². The first-order chi connectivity index (χ1) is 6.70. The highest BCUT2D eigenvalue weighted by atomic mass is 35.5. The monoisotopic (exact) mass is 224 g/mol. The van der Waals surface area contributed by atoms with Gasteiger partial charge in [0, 0.05) is 17.2 Å². The molecule has 2 N–H and O–H groups in total. The van der Waals surface area contributed by atoms with Crippen molar-refractivity contribution in [1.29, 1.82) is 0 Å². The van der Waals surface area contributed by atoms with E-state index in [4.69, 9.17) is 17.3 Å². The highest BCUT2D eigenvalue weighted by Crippen LogP contribution is 2.17. The Labute approximate surface area is 89.7 Å².